The standard InChI is InChI=1S/C18H10Cl2F3N3S/c19-14-5-4-11(8-15(14)20)16-10-25-17(27-7-6-24)26(16)13-3-1-2-12(9-13)18(21,22)23/h1-5,8-10H,7H2. The minimum atomic E-state index is -4.47. The molecule has 0 aliphatic heterocycles. The molecule has 0 N–H and O–H groups in total. The summed E-state index contributed by atoms with van der Waals surface area (Å²) >= 11 is 13.2. The smallest absolute Gasteiger partial charge is 0.287 e. The molecule has 1 heterocycles. The zero-order chi connectivity index (χ0) is 19.6. The van der Waals surface area contributed by atoms with E-state index < -0.39 is 11.7 Å². The number of nitrogens with zero attached hydrogens (tertiary/aromatic N) is 3. The molecular weight excluding hydrogens is 418 g/mol. The van der Waals surface area contributed by atoms with Crippen LogP contribution in [-0.2, 0) is 6.18 Å². The zero-order valence-electron chi connectivity index (χ0n) is 13.5. The van der Waals surface area contributed by atoms with Gasteiger partial charge in [0.15, 0.2) is 5.16 Å². The Morgan fingerprint density at radius 1 is 1.11 bits per heavy atom. The largest absolute Gasteiger partial charge is 0.416 e. The van der Waals surface area contributed by atoms with Crippen LogP contribution in [0.25, 0.3) is 16.9 Å². The van der Waals surface area contributed by atoms with Crippen LogP contribution >= 0.6 is 35.0 Å². The van der Waals surface area contributed by atoms with Crippen molar-refractivity contribution in [1.29, 1.82) is 5.26 Å². The summed E-state index contributed by atoms with van der Waals surface area (Å²) in [7, 11) is 0. The lowest BCUT2D eigenvalue weighted by molar-refractivity contribution is -0.137. The van der Waals surface area contributed by atoms with Gasteiger partial charge in [-0.3, -0.25) is 4.57 Å². The molecule has 3 nitrogen and oxygen atoms in total. The van der Waals surface area contributed by atoms with Crippen molar-refractivity contribution in [2.45, 2.75) is 11.3 Å². The van der Waals surface area contributed by atoms with Gasteiger partial charge < -0.3 is 0 Å². The molecule has 1 aromatic heterocycles. The first kappa shape index (κ1) is 19.6. The lowest BCUT2D eigenvalue weighted by Crippen LogP contribution is -2.07. The van der Waals surface area contributed by atoms with E-state index in [9.17, 15) is 13.2 Å². The summed E-state index contributed by atoms with van der Waals surface area (Å²) in [5, 5.41) is 9.92. The maximum Gasteiger partial charge on any atom is 0.416 e. The van der Waals surface area contributed by atoms with Crippen LogP contribution in [0.4, 0.5) is 13.2 Å². The molecule has 0 saturated heterocycles. The van der Waals surface area contributed by atoms with Crippen molar-refractivity contribution in [3.63, 3.8) is 0 Å². The van der Waals surface area contributed by atoms with Crippen LogP contribution in [0.3, 0.4) is 0 Å². The fraction of sp³-hybridized carbons (Fsp3) is 0.111. The second kappa shape index (κ2) is 7.85. The molecule has 9 heteroatoms. The van der Waals surface area contributed by atoms with Crippen LogP contribution in [0.15, 0.2) is 53.8 Å². The Hall–Kier alpha value is -2.14. The van der Waals surface area contributed by atoms with E-state index in [-0.39, 0.29) is 11.4 Å². The average Bonchev–Trinajstić information content (AvgIpc) is 3.05. The van der Waals surface area contributed by atoms with E-state index in [1.807, 2.05) is 6.07 Å². The van der Waals surface area contributed by atoms with Gasteiger partial charge in [0.1, 0.15) is 0 Å². The minimum Gasteiger partial charge on any atom is -0.287 e. The molecule has 3 aromatic rings. The number of benzene rings is 2. The van der Waals surface area contributed by atoms with Gasteiger partial charge in [-0.25, -0.2) is 4.98 Å². The minimum absolute atomic E-state index is 0.108. The Labute approximate surface area is 167 Å². The number of rotatable bonds is 4. The zero-order valence-corrected chi connectivity index (χ0v) is 15.8. The molecule has 0 aliphatic carbocycles. The number of thioether (sulfide) groups is 1. The number of nitriles is 1. The van der Waals surface area contributed by atoms with Crippen molar-refractivity contribution in [3.05, 3.63) is 64.3 Å². The molecule has 0 atom stereocenters. The van der Waals surface area contributed by atoms with Gasteiger partial charge >= 0.3 is 6.18 Å². The van der Waals surface area contributed by atoms with E-state index in [1.165, 1.54) is 12.3 Å². The molecule has 2 aromatic carbocycles. The Morgan fingerprint density at radius 2 is 1.89 bits per heavy atom. The number of hydrogen-bond donors (Lipinski definition) is 0. The maximum atomic E-state index is 13.1. The van der Waals surface area contributed by atoms with Gasteiger partial charge in [-0.05, 0) is 30.3 Å². The fourth-order valence-corrected chi connectivity index (χ4v) is 3.42. The summed E-state index contributed by atoms with van der Waals surface area (Å²) in [6, 6.07) is 11.8. The molecule has 0 saturated carbocycles. The normalized spacial score (nSPS) is 11.4. The highest BCUT2D eigenvalue weighted by Gasteiger charge is 2.31. The van der Waals surface area contributed by atoms with Gasteiger partial charge in [-0.15, -0.1) is 0 Å². The Morgan fingerprint density at radius 3 is 2.56 bits per heavy atom. The lowest BCUT2D eigenvalue weighted by Gasteiger charge is -2.14. The summed E-state index contributed by atoms with van der Waals surface area (Å²) in [4.78, 5) is 4.27. The van der Waals surface area contributed by atoms with E-state index in [0.717, 1.165) is 23.9 Å². The molecule has 0 bridgehead atoms. The first-order valence-electron chi connectivity index (χ1n) is 7.52. The highest BCUT2D eigenvalue weighted by Crippen LogP contribution is 2.35. The summed E-state index contributed by atoms with van der Waals surface area (Å²) in [6.45, 7) is 0. The molecule has 0 aliphatic rings. The third-order valence-electron chi connectivity index (χ3n) is 3.64. The van der Waals surface area contributed by atoms with E-state index >= 15 is 0 Å². The van der Waals surface area contributed by atoms with E-state index in [2.05, 4.69) is 4.98 Å². The predicted octanol–water partition coefficient (Wildman–Crippen LogP) is 6.48. The van der Waals surface area contributed by atoms with Crippen molar-refractivity contribution < 1.29 is 13.2 Å². The summed E-state index contributed by atoms with van der Waals surface area (Å²) in [5.41, 5.74) is 0.681. The molecule has 138 valence electrons. The summed E-state index contributed by atoms with van der Waals surface area (Å²) < 4.78 is 41.0. The third-order valence-corrected chi connectivity index (χ3v) is 5.20. The quantitative estimate of drug-likeness (QED) is 0.447. The first-order chi connectivity index (χ1) is 12.8. The second-order valence-corrected chi connectivity index (χ2v) is 7.14. The van der Waals surface area contributed by atoms with Gasteiger partial charge in [-0.1, -0.05) is 47.1 Å². The molecule has 0 radical (unpaired) electrons. The lowest BCUT2D eigenvalue weighted by atomic mass is 10.1. The monoisotopic (exact) mass is 427 g/mol. The SMILES string of the molecule is N#CCSc1ncc(-c2ccc(Cl)c(Cl)c2)n1-c1cccc(C(F)(F)F)c1. The number of halogens is 5. The van der Waals surface area contributed by atoms with Crippen LogP contribution in [-0.4, -0.2) is 15.3 Å². The van der Waals surface area contributed by atoms with Gasteiger partial charge in [-0.2, -0.15) is 18.4 Å². The van der Waals surface area contributed by atoms with Crippen LogP contribution in [0.5, 0.6) is 0 Å². The number of imidazole rings is 1. The molecule has 0 amide bonds. The van der Waals surface area contributed by atoms with Crippen molar-refractivity contribution in [3.8, 4) is 23.0 Å². The molecule has 0 spiro atoms. The molecule has 27 heavy (non-hydrogen) atoms. The summed E-state index contributed by atoms with van der Waals surface area (Å²) in [5.74, 6) is 0.108. The van der Waals surface area contributed by atoms with Crippen molar-refractivity contribution in [2.75, 3.05) is 5.75 Å². The molecular formula is C18H10Cl2F3N3S. The number of alkyl halides is 3. The first-order valence-corrected chi connectivity index (χ1v) is 9.26. The van der Waals surface area contributed by atoms with Gasteiger partial charge in [0, 0.05) is 11.3 Å². The highest BCUT2D eigenvalue weighted by atomic mass is 35.5. The second-order valence-electron chi connectivity index (χ2n) is 5.39. The molecule has 3 rings (SSSR count). The van der Waals surface area contributed by atoms with E-state index in [0.29, 0.717) is 26.5 Å². The Balaban J connectivity index is 2.19. The van der Waals surface area contributed by atoms with E-state index in [4.69, 9.17) is 28.5 Å². The van der Waals surface area contributed by atoms with Crippen LogP contribution in [0.1, 0.15) is 5.56 Å². The van der Waals surface area contributed by atoms with Gasteiger partial charge in [0.2, 0.25) is 0 Å². The fourth-order valence-electron chi connectivity index (χ4n) is 2.46. The third kappa shape index (κ3) is 4.24. The average molecular weight is 428 g/mol. The van der Waals surface area contributed by atoms with Crippen molar-refractivity contribution in [1.82, 2.24) is 9.55 Å². The Kier molecular flexibility index (Phi) is 5.70. The molecule has 0 fully saturated rings. The van der Waals surface area contributed by atoms with Crippen molar-refractivity contribution >= 4 is 35.0 Å². The Bertz CT molecular complexity index is 1030. The van der Waals surface area contributed by atoms with Crippen LogP contribution < -0.4 is 0 Å². The van der Waals surface area contributed by atoms with Gasteiger partial charge in [0.05, 0.1) is 39.3 Å². The maximum absolute atomic E-state index is 13.1. The number of hydrogen-bond acceptors (Lipinski definition) is 3. The number of aromatic nitrogens is 2. The highest BCUT2D eigenvalue weighted by molar-refractivity contribution is 7.99. The molecule has 0 unspecified atom stereocenters. The van der Waals surface area contributed by atoms with Gasteiger partial charge in [0.25, 0.3) is 0 Å². The predicted molar refractivity (Wildman–Crippen MR) is 100 cm³/mol. The van der Waals surface area contributed by atoms with Crippen molar-refractivity contribution in [2.24, 2.45) is 0 Å². The summed E-state index contributed by atoms with van der Waals surface area (Å²) in [6.07, 6.45) is -2.94. The van der Waals surface area contributed by atoms with Crippen LogP contribution in [0.2, 0.25) is 10.0 Å². The topological polar surface area (TPSA) is 41.6 Å². The van der Waals surface area contributed by atoms with E-state index in [1.54, 1.807) is 28.8 Å². The van der Waals surface area contributed by atoms with Crippen LogP contribution in [0, 0.1) is 11.3 Å².